The van der Waals surface area contributed by atoms with Crippen LogP contribution < -0.4 is 10.0 Å². The van der Waals surface area contributed by atoms with Gasteiger partial charge in [-0.2, -0.15) is 0 Å². The summed E-state index contributed by atoms with van der Waals surface area (Å²) < 4.78 is 25.2. The number of sulfonamides is 1. The lowest BCUT2D eigenvalue weighted by atomic mass is 10.0. The number of rotatable bonds is 4. The Kier molecular flexibility index (Phi) is 6.65. The molecule has 1 fully saturated rings. The summed E-state index contributed by atoms with van der Waals surface area (Å²) in [6.07, 6.45) is 3.06. The van der Waals surface area contributed by atoms with Gasteiger partial charge < -0.3 is 10.2 Å². The van der Waals surface area contributed by atoms with Gasteiger partial charge >= 0.3 is 0 Å². The molecule has 1 atom stereocenters. The highest BCUT2D eigenvalue weighted by Crippen LogP contribution is 2.20. The van der Waals surface area contributed by atoms with Gasteiger partial charge in [-0.15, -0.1) is 12.4 Å². The van der Waals surface area contributed by atoms with Gasteiger partial charge in [-0.25, -0.2) is 8.42 Å². The maximum Gasteiger partial charge on any atom is 0.256 e. The van der Waals surface area contributed by atoms with E-state index in [2.05, 4.69) is 10.0 Å². The molecule has 0 radical (unpaired) electrons. The van der Waals surface area contributed by atoms with Gasteiger partial charge in [-0.3, -0.25) is 9.52 Å². The zero-order chi connectivity index (χ0) is 15.5. The van der Waals surface area contributed by atoms with Crippen LogP contribution in [0.5, 0.6) is 0 Å². The molecule has 0 bridgehead atoms. The van der Waals surface area contributed by atoms with Gasteiger partial charge in [0.2, 0.25) is 10.0 Å². The Hall–Kier alpha value is -1.31. The van der Waals surface area contributed by atoms with Gasteiger partial charge in [-0.1, -0.05) is 12.1 Å². The number of nitrogens with one attached hydrogen (secondary N) is 2. The average Bonchev–Trinajstić information content (AvgIpc) is 2.45. The third-order valence-electron chi connectivity index (χ3n) is 3.57. The quantitative estimate of drug-likeness (QED) is 0.860. The van der Waals surface area contributed by atoms with Crippen molar-refractivity contribution in [2.45, 2.75) is 18.9 Å². The van der Waals surface area contributed by atoms with Gasteiger partial charge in [-0.05, 0) is 32.0 Å². The third-order valence-corrected chi connectivity index (χ3v) is 4.16. The second-order valence-corrected chi connectivity index (χ2v) is 7.05. The fourth-order valence-corrected chi connectivity index (χ4v) is 3.10. The Morgan fingerprint density at radius 2 is 2.00 bits per heavy atom. The summed E-state index contributed by atoms with van der Waals surface area (Å²) in [5.74, 6) is -0.137. The van der Waals surface area contributed by atoms with Crippen LogP contribution in [0.4, 0.5) is 5.69 Å². The minimum absolute atomic E-state index is 0. The number of carbonyl (C=O) groups excluding carboxylic acids is 1. The highest BCUT2D eigenvalue weighted by molar-refractivity contribution is 7.92. The van der Waals surface area contributed by atoms with Crippen molar-refractivity contribution in [2.75, 3.05) is 31.1 Å². The van der Waals surface area contributed by atoms with Crippen LogP contribution in [0.2, 0.25) is 0 Å². The Morgan fingerprint density at radius 3 is 2.64 bits per heavy atom. The fraction of sp³-hybridized carbons (Fsp3) is 0.500. The normalized spacial score (nSPS) is 18.5. The van der Waals surface area contributed by atoms with Gasteiger partial charge in [0.1, 0.15) is 0 Å². The first-order valence-corrected chi connectivity index (χ1v) is 8.83. The lowest BCUT2D eigenvalue weighted by Crippen LogP contribution is -2.47. The first-order chi connectivity index (χ1) is 9.90. The van der Waals surface area contributed by atoms with E-state index in [1.807, 2.05) is 7.05 Å². The third kappa shape index (κ3) is 4.86. The van der Waals surface area contributed by atoms with Crippen molar-refractivity contribution in [3.63, 3.8) is 0 Å². The molecule has 1 aromatic rings. The van der Waals surface area contributed by atoms with Crippen molar-refractivity contribution < 1.29 is 13.2 Å². The molecular weight excluding hydrogens is 326 g/mol. The monoisotopic (exact) mass is 347 g/mol. The van der Waals surface area contributed by atoms with E-state index in [-0.39, 0.29) is 24.4 Å². The Morgan fingerprint density at radius 1 is 1.32 bits per heavy atom. The number of carbonyl (C=O) groups is 1. The number of anilines is 1. The van der Waals surface area contributed by atoms with E-state index in [0.29, 0.717) is 24.3 Å². The molecular formula is C14H22ClN3O3S. The number of amides is 1. The summed E-state index contributed by atoms with van der Waals surface area (Å²) >= 11 is 0. The van der Waals surface area contributed by atoms with Crippen LogP contribution >= 0.6 is 12.4 Å². The number of benzene rings is 1. The maximum absolute atomic E-state index is 12.6. The molecule has 0 spiro atoms. The SMILES string of the molecule is CNC1CCCN(C(=O)c2ccccc2NS(C)(=O)=O)C1.Cl. The van der Waals surface area contributed by atoms with Crippen molar-refractivity contribution in [3.05, 3.63) is 29.8 Å². The summed E-state index contributed by atoms with van der Waals surface area (Å²) in [6, 6.07) is 6.99. The molecule has 6 nitrogen and oxygen atoms in total. The molecule has 1 aromatic carbocycles. The van der Waals surface area contributed by atoms with E-state index in [1.54, 1.807) is 29.2 Å². The molecule has 124 valence electrons. The number of hydrogen-bond donors (Lipinski definition) is 2. The standard InChI is InChI=1S/C14H21N3O3S.ClH/c1-15-11-6-5-9-17(10-11)14(18)12-7-3-4-8-13(12)16-21(2,19)20;/h3-4,7-8,11,15-16H,5-6,9-10H2,1-2H3;1H. The molecule has 1 aliphatic rings. The molecule has 22 heavy (non-hydrogen) atoms. The lowest BCUT2D eigenvalue weighted by Gasteiger charge is -2.33. The van der Waals surface area contributed by atoms with Gasteiger partial charge in [0.05, 0.1) is 17.5 Å². The number of nitrogens with zero attached hydrogens (tertiary/aromatic N) is 1. The second kappa shape index (κ2) is 7.80. The van der Waals surface area contributed by atoms with Crippen molar-refractivity contribution in [1.82, 2.24) is 10.2 Å². The molecule has 0 saturated carbocycles. The van der Waals surface area contributed by atoms with Crippen LogP contribution in [-0.4, -0.2) is 51.7 Å². The number of likely N-dealkylation sites (N-methyl/N-ethyl adjacent to an activating group) is 1. The molecule has 0 aromatic heterocycles. The van der Waals surface area contributed by atoms with Crippen molar-refractivity contribution in [1.29, 1.82) is 0 Å². The summed E-state index contributed by atoms with van der Waals surface area (Å²) in [5, 5.41) is 3.19. The molecule has 1 unspecified atom stereocenters. The van der Waals surface area contributed by atoms with E-state index >= 15 is 0 Å². The summed E-state index contributed by atoms with van der Waals surface area (Å²) in [7, 11) is -1.53. The van der Waals surface area contributed by atoms with E-state index in [1.165, 1.54) is 0 Å². The first-order valence-electron chi connectivity index (χ1n) is 6.94. The highest BCUT2D eigenvalue weighted by Gasteiger charge is 2.25. The largest absolute Gasteiger partial charge is 0.337 e. The topological polar surface area (TPSA) is 78.5 Å². The minimum Gasteiger partial charge on any atom is -0.337 e. The molecule has 1 amide bonds. The summed E-state index contributed by atoms with van der Waals surface area (Å²) in [5.41, 5.74) is 0.719. The number of hydrogen-bond acceptors (Lipinski definition) is 4. The molecule has 0 aliphatic carbocycles. The van der Waals surface area contributed by atoms with Crippen molar-refractivity contribution >= 4 is 34.0 Å². The Labute approximate surface area is 137 Å². The van der Waals surface area contributed by atoms with Gasteiger partial charge in [0.25, 0.3) is 5.91 Å². The molecule has 1 heterocycles. The zero-order valence-electron chi connectivity index (χ0n) is 12.7. The number of piperidine rings is 1. The van der Waals surface area contributed by atoms with Gasteiger partial charge in [0.15, 0.2) is 0 Å². The molecule has 1 saturated heterocycles. The maximum atomic E-state index is 12.6. The zero-order valence-corrected chi connectivity index (χ0v) is 14.3. The van der Waals surface area contributed by atoms with E-state index < -0.39 is 10.0 Å². The fourth-order valence-electron chi connectivity index (χ4n) is 2.53. The number of para-hydroxylation sites is 1. The van der Waals surface area contributed by atoms with Crippen molar-refractivity contribution in [3.8, 4) is 0 Å². The average molecular weight is 348 g/mol. The van der Waals surface area contributed by atoms with E-state index in [0.717, 1.165) is 19.1 Å². The molecule has 1 aliphatic heterocycles. The molecule has 2 rings (SSSR count). The van der Waals surface area contributed by atoms with Crippen LogP contribution in [0, 0.1) is 0 Å². The first kappa shape index (κ1) is 18.7. The summed E-state index contributed by atoms with van der Waals surface area (Å²) in [4.78, 5) is 14.4. The van der Waals surface area contributed by atoms with Crippen LogP contribution in [0.3, 0.4) is 0 Å². The number of likely N-dealkylation sites (tertiary alicyclic amines) is 1. The van der Waals surface area contributed by atoms with Crippen LogP contribution in [0.25, 0.3) is 0 Å². The van der Waals surface area contributed by atoms with E-state index in [9.17, 15) is 13.2 Å². The van der Waals surface area contributed by atoms with E-state index in [4.69, 9.17) is 0 Å². The van der Waals surface area contributed by atoms with Crippen molar-refractivity contribution in [2.24, 2.45) is 0 Å². The molecule has 8 heteroatoms. The minimum atomic E-state index is -3.41. The molecule has 2 N–H and O–H groups in total. The summed E-state index contributed by atoms with van der Waals surface area (Å²) in [6.45, 7) is 1.34. The predicted molar refractivity (Wildman–Crippen MR) is 90.1 cm³/mol. The van der Waals surface area contributed by atoms with Crippen LogP contribution in [0.1, 0.15) is 23.2 Å². The smallest absolute Gasteiger partial charge is 0.256 e. The predicted octanol–water partition coefficient (Wildman–Crippen LogP) is 1.30. The second-order valence-electron chi connectivity index (χ2n) is 5.30. The lowest BCUT2D eigenvalue weighted by molar-refractivity contribution is 0.0699. The number of halogens is 1. The van der Waals surface area contributed by atoms with Crippen LogP contribution in [0.15, 0.2) is 24.3 Å². The Bertz CT molecular complexity index is 622. The highest BCUT2D eigenvalue weighted by atomic mass is 35.5. The van der Waals surface area contributed by atoms with Crippen LogP contribution in [-0.2, 0) is 10.0 Å². The Balaban J connectivity index is 0.00000242. The van der Waals surface area contributed by atoms with Gasteiger partial charge in [0, 0.05) is 19.1 Å².